The maximum atomic E-state index is 2.52. The van der Waals surface area contributed by atoms with Crippen LogP contribution >= 0.6 is 7.92 Å². The minimum absolute atomic E-state index is 0.371. The lowest BCUT2D eigenvalue weighted by Gasteiger charge is -2.37. The molecule has 1 nitrogen and oxygen atoms in total. The van der Waals surface area contributed by atoms with Gasteiger partial charge in [0.25, 0.3) is 0 Å². The molecule has 0 spiro atoms. The molecule has 0 saturated carbocycles. The second-order valence-electron chi connectivity index (χ2n) is 8.00. The first-order chi connectivity index (χ1) is 14.7. The van der Waals surface area contributed by atoms with Crippen LogP contribution in [0, 0.1) is 5.92 Å². The molecule has 30 heavy (non-hydrogen) atoms. The number of hydrogen-bond donors (Lipinski definition) is 0. The normalized spacial score (nSPS) is 17.9. The van der Waals surface area contributed by atoms with Crippen LogP contribution < -0.4 is 10.6 Å². The Balaban J connectivity index is 1.64. The Kier molecular flexibility index (Phi) is 6.62. The highest BCUT2D eigenvalue weighted by atomic mass is 31.1. The minimum Gasteiger partial charge on any atom is -0.296 e. The molecular formula is C28H30NP. The Hall–Kier alpha value is -2.47. The highest BCUT2D eigenvalue weighted by Gasteiger charge is 2.32. The summed E-state index contributed by atoms with van der Waals surface area (Å²) in [5, 5.41) is 4.39. The first-order valence-electron chi connectivity index (χ1n) is 10.7. The zero-order valence-electron chi connectivity index (χ0n) is 18.0. The predicted octanol–water partition coefficient (Wildman–Crippen LogP) is 6.27. The third-order valence-corrected chi connectivity index (χ3v) is 8.86. The monoisotopic (exact) mass is 411 g/mol. The molecule has 0 radical (unpaired) electrons. The average Bonchev–Trinajstić information content (AvgIpc) is 3.29. The van der Waals surface area contributed by atoms with Gasteiger partial charge in [0.2, 0.25) is 0 Å². The van der Waals surface area contributed by atoms with E-state index in [9.17, 15) is 0 Å². The number of hydrogen-bond acceptors (Lipinski definition) is 1. The fourth-order valence-electron chi connectivity index (χ4n) is 4.29. The van der Waals surface area contributed by atoms with Gasteiger partial charge in [0.1, 0.15) is 0 Å². The molecule has 0 bridgehead atoms. The first kappa shape index (κ1) is 20.8. The molecule has 0 amide bonds. The zero-order valence-corrected chi connectivity index (χ0v) is 18.9. The summed E-state index contributed by atoms with van der Waals surface area (Å²) < 4.78 is 0. The summed E-state index contributed by atoms with van der Waals surface area (Å²) >= 11 is 0. The van der Waals surface area contributed by atoms with Gasteiger partial charge in [-0.05, 0) is 50.3 Å². The highest BCUT2D eigenvalue weighted by molar-refractivity contribution is 7.76. The predicted molar refractivity (Wildman–Crippen MR) is 132 cm³/mol. The van der Waals surface area contributed by atoms with E-state index in [-0.39, 0.29) is 0 Å². The molecular weight excluding hydrogens is 381 g/mol. The third-order valence-electron chi connectivity index (χ3n) is 6.27. The quantitative estimate of drug-likeness (QED) is 0.414. The summed E-state index contributed by atoms with van der Waals surface area (Å²) in [5.74, 6) is 0.410. The van der Waals surface area contributed by atoms with Crippen molar-refractivity contribution in [3.8, 4) is 0 Å². The molecule has 3 atom stereocenters. The average molecular weight is 412 g/mol. The van der Waals surface area contributed by atoms with Gasteiger partial charge in [-0.2, -0.15) is 0 Å². The van der Waals surface area contributed by atoms with Crippen LogP contribution in [0.1, 0.15) is 25.5 Å². The fourth-order valence-corrected chi connectivity index (χ4v) is 6.96. The second-order valence-corrected chi connectivity index (χ2v) is 10.2. The van der Waals surface area contributed by atoms with Gasteiger partial charge in [0, 0.05) is 18.0 Å². The van der Waals surface area contributed by atoms with E-state index in [1.54, 1.807) is 5.31 Å². The van der Waals surface area contributed by atoms with Crippen molar-refractivity contribution in [2.24, 2.45) is 5.92 Å². The van der Waals surface area contributed by atoms with Crippen LogP contribution in [-0.4, -0.2) is 18.0 Å². The number of nitrogens with zero attached hydrogens (tertiary/aromatic N) is 1. The van der Waals surface area contributed by atoms with Gasteiger partial charge in [-0.15, -0.1) is 0 Å². The van der Waals surface area contributed by atoms with Gasteiger partial charge in [-0.3, -0.25) is 4.90 Å². The molecule has 152 valence electrons. The Morgan fingerprint density at radius 3 is 1.77 bits per heavy atom. The fraction of sp³-hybridized carbons (Fsp3) is 0.214. The molecule has 0 heterocycles. The van der Waals surface area contributed by atoms with Gasteiger partial charge in [-0.1, -0.05) is 109 Å². The molecule has 1 unspecified atom stereocenters. The van der Waals surface area contributed by atoms with E-state index in [1.165, 1.54) is 16.2 Å². The lowest BCUT2D eigenvalue weighted by Crippen LogP contribution is -2.37. The standard InChI is InChI=1S/C28H30NP/c1-22(24-14-7-4-8-15-24)29(3)23(2)27-20-13-21-28(27)30(25-16-9-5-10-17-25)26-18-11-6-12-19-26/h4-23,27H,1-3H3/t22-,23-,27?/m1/s1. The largest absolute Gasteiger partial charge is 0.296 e. The van der Waals surface area contributed by atoms with Crippen molar-refractivity contribution in [1.29, 1.82) is 0 Å². The van der Waals surface area contributed by atoms with E-state index in [0.29, 0.717) is 18.0 Å². The van der Waals surface area contributed by atoms with Crippen LogP contribution in [0.2, 0.25) is 0 Å². The maximum absolute atomic E-state index is 2.52. The van der Waals surface area contributed by atoms with Crippen LogP contribution in [0.4, 0.5) is 0 Å². The van der Waals surface area contributed by atoms with Gasteiger partial charge in [-0.25, -0.2) is 0 Å². The van der Waals surface area contributed by atoms with Crippen LogP contribution in [0.15, 0.2) is 115 Å². The molecule has 0 fully saturated rings. The smallest absolute Gasteiger partial charge is 0.0320 e. The lowest BCUT2D eigenvalue weighted by molar-refractivity contribution is 0.176. The summed E-state index contributed by atoms with van der Waals surface area (Å²) in [4.78, 5) is 2.52. The van der Waals surface area contributed by atoms with E-state index in [4.69, 9.17) is 0 Å². The van der Waals surface area contributed by atoms with E-state index < -0.39 is 7.92 Å². The second kappa shape index (κ2) is 9.56. The molecule has 3 aromatic carbocycles. The van der Waals surface area contributed by atoms with Crippen LogP contribution in [0.5, 0.6) is 0 Å². The minimum atomic E-state index is -0.550. The van der Waals surface area contributed by atoms with Crippen molar-refractivity contribution in [3.63, 3.8) is 0 Å². The van der Waals surface area contributed by atoms with Gasteiger partial charge < -0.3 is 0 Å². The summed E-state index contributed by atoms with van der Waals surface area (Å²) in [6, 6.07) is 33.6. The molecule has 4 rings (SSSR count). The van der Waals surface area contributed by atoms with Gasteiger partial charge in [0.15, 0.2) is 0 Å². The zero-order chi connectivity index (χ0) is 20.9. The van der Waals surface area contributed by atoms with Crippen molar-refractivity contribution in [2.45, 2.75) is 25.9 Å². The Bertz CT molecular complexity index is 955. The summed E-state index contributed by atoms with van der Waals surface area (Å²) in [7, 11) is 1.71. The van der Waals surface area contributed by atoms with Crippen molar-refractivity contribution in [3.05, 3.63) is 120 Å². The molecule has 0 aromatic heterocycles. The molecule has 2 heteroatoms. The van der Waals surface area contributed by atoms with E-state index >= 15 is 0 Å². The number of allylic oxidation sites excluding steroid dienone is 2. The molecule has 1 aliphatic rings. The van der Waals surface area contributed by atoms with E-state index in [0.717, 1.165) is 0 Å². The van der Waals surface area contributed by atoms with E-state index in [2.05, 4.69) is 135 Å². The lowest BCUT2D eigenvalue weighted by atomic mass is 9.98. The van der Waals surface area contributed by atoms with Crippen molar-refractivity contribution >= 4 is 18.5 Å². The van der Waals surface area contributed by atoms with Gasteiger partial charge >= 0.3 is 0 Å². The van der Waals surface area contributed by atoms with Crippen molar-refractivity contribution < 1.29 is 0 Å². The number of benzene rings is 3. The van der Waals surface area contributed by atoms with E-state index in [1.807, 2.05) is 0 Å². The highest BCUT2D eigenvalue weighted by Crippen LogP contribution is 2.50. The van der Waals surface area contributed by atoms with Crippen LogP contribution in [0.25, 0.3) is 0 Å². The Morgan fingerprint density at radius 2 is 1.23 bits per heavy atom. The molecule has 0 aliphatic heterocycles. The van der Waals surface area contributed by atoms with Gasteiger partial charge in [0.05, 0.1) is 0 Å². The Morgan fingerprint density at radius 1 is 0.733 bits per heavy atom. The molecule has 0 N–H and O–H groups in total. The first-order valence-corrected chi connectivity index (χ1v) is 12.1. The number of rotatable bonds is 7. The molecule has 0 saturated heterocycles. The Labute approximate surface area is 182 Å². The van der Waals surface area contributed by atoms with Crippen molar-refractivity contribution in [1.82, 2.24) is 4.90 Å². The van der Waals surface area contributed by atoms with Crippen LogP contribution in [-0.2, 0) is 0 Å². The SMILES string of the molecule is C[C@H](c1ccccc1)N(C)[C@H](C)C1C=CC=C1P(c1ccccc1)c1ccccc1. The molecule has 3 aromatic rings. The summed E-state index contributed by atoms with van der Waals surface area (Å²) in [5.41, 5.74) is 1.37. The topological polar surface area (TPSA) is 3.24 Å². The third kappa shape index (κ3) is 4.33. The maximum Gasteiger partial charge on any atom is 0.0320 e. The summed E-state index contributed by atoms with van der Waals surface area (Å²) in [6.45, 7) is 4.68. The summed E-state index contributed by atoms with van der Waals surface area (Å²) in [6.07, 6.45) is 7.03. The molecule has 1 aliphatic carbocycles. The van der Waals surface area contributed by atoms with Crippen LogP contribution in [0.3, 0.4) is 0 Å². The van der Waals surface area contributed by atoms with Crippen molar-refractivity contribution in [2.75, 3.05) is 7.05 Å².